The number of aliphatic hydroxyl groups is 1. The Kier molecular flexibility index (Phi) is 13.0. The fourth-order valence-electron chi connectivity index (χ4n) is 3.34. The number of Topliss-reactive ketones (excluding diaryl/α,β-unsaturated/α-hetero) is 2. The Bertz CT molecular complexity index is 1300. The summed E-state index contributed by atoms with van der Waals surface area (Å²) in [5.41, 5.74) is 2.77. The normalized spacial score (nSPS) is 10.7. The second kappa shape index (κ2) is 16.2. The monoisotopic (exact) mass is 552 g/mol. The first-order valence-corrected chi connectivity index (χ1v) is 12.6. The molecule has 0 aliphatic heterocycles. The van der Waals surface area contributed by atoms with Crippen molar-refractivity contribution in [1.29, 1.82) is 0 Å². The average Bonchev–Trinajstić information content (AvgIpc) is 2.98. The van der Waals surface area contributed by atoms with Gasteiger partial charge in [-0.05, 0) is 83.9 Å². The maximum absolute atomic E-state index is 12.8. The first-order chi connectivity index (χ1) is 18.7. The van der Waals surface area contributed by atoms with Crippen molar-refractivity contribution in [2.75, 3.05) is 7.11 Å². The first kappa shape index (κ1) is 31.3. The highest BCUT2D eigenvalue weighted by molar-refractivity contribution is 6.30. The number of carbonyl (C=O) groups is 2. The van der Waals surface area contributed by atoms with Gasteiger partial charge in [0.2, 0.25) is 0 Å². The molecule has 4 aromatic rings. The van der Waals surface area contributed by atoms with E-state index in [0.29, 0.717) is 17.5 Å². The quantitative estimate of drug-likeness (QED) is 0.235. The lowest BCUT2D eigenvalue weighted by Gasteiger charge is -2.11. The van der Waals surface area contributed by atoms with Crippen LogP contribution in [0.5, 0.6) is 5.75 Å². The number of ketones is 2. The van der Waals surface area contributed by atoms with Crippen LogP contribution >= 0.6 is 11.6 Å². The number of carbonyl (C=O) groups excluding carboxylic acids is 2. The zero-order valence-electron chi connectivity index (χ0n) is 22.0. The lowest BCUT2D eigenvalue weighted by Crippen LogP contribution is -2.09. The van der Waals surface area contributed by atoms with Gasteiger partial charge in [0.1, 0.15) is 17.4 Å². The summed E-state index contributed by atoms with van der Waals surface area (Å²) in [4.78, 5) is 23.2. The van der Waals surface area contributed by atoms with Crippen LogP contribution in [0.3, 0.4) is 0 Å². The van der Waals surface area contributed by atoms with Crippen LogP contribution in [0.2, 0.25) is 5.02 Å². The molecule has 1 atom stereocenters. The molecule has 0 fully saturated rings. The van der Waals surface area contributed by atoms with Crippen molar-refractivity contribution in [3.63, 3.8) is 0 Å². The summed E-state index contributed by atoms with van der Waals surface area (Å²) in [6.45, 7) is 3.59. The summed E-state index contributed by atoms with van der Waals surface area (Å²) in [6.07, 6.45) is 0.464. The van der Waals surface area contributed by atoms with E-state index < -0.39 is 0 Å². The summed E-state index contributed by atoms with van der Waals surface area (Å²) >= 11 is 5.61. The van der Waals surface area contributed by atoms with Crippen molar-refractivity contribution in [2.24, 2.45) is 0 Å². The van der Waals surface area contributed by atoms with Gasteiger partial charge in [0.15, 0.2) is 11.6 Å². The van der Waals surface area contributed by atoms with Crippen molar-refractivity contribution in [3.05, 3.63) is 136 Å². The van der Waals surface area contributed by atoms with Gasteiger partial charge in [-0.2, -0.15) is 0 Å². The lowest BCUT2D eigenvalue weighted by atomic mass is 9.92. The second-order valence-corrected chi connectivity index (χ2v) is 8.87. The Morgan fingerprint density at radius 3 is 1.72 bits per heavy atom. The third-order valence-electron chi connectivity index (χ3n) is 5.72. The van der Waals surface area contributed by atoms with Gasteiger partial charge in [0, 0.05) is 28.5 Å². The minimum atomic E-state index is -0.350. The van der Waals surface area contributed by atoms with Gasteiger partial charge in [0.05, 0.1) is 13.7 Å². The summed E-state index contributed by atoms with van der Waals surface area (Å²) < 4.78 is 30.1. The molecule has 39 heavy (non-hydrogen) atoms. The Morgan fingerprint density at radius 2 is 1.28 bits per heavy atom. The van der Waals surface area contributed by atoms with E-state index in [1.54, 1.807) is 38.3 Å². The fraction of sp³-hybridized carbons (Fsp3) is 0.188. The van der Waals surface area contributed by atoms with Gasteiger partial charge in [-0.3, -0.25) is 9.59 Å². The van der Waals surface area contributed by atoms with E-state index in [1.165, 1.54) is 48.5 Å². The van der Waals surface area contributed by atoms with Crippen LogP contribution in [0, 0.1) is 11.6 Å². The molecule has 204 valence electrons. The SMILES string of the molecule is CC(C(=O)c1ccc(F)cc1)c1ccc(CO)cc1.CCC(=O)c1ccc(F)cc1.COc1ccc(Cl)cc1. The second-order valence-electron chi connectivity index (χ2n) is 8.43. The van der Waals surface area contributed by atoms with E-state index in [2.05, 4.69) is 0 Å². The molecule has 1 N–H and O–H groups in total. The minimum Gasteiger partial charge on any atom is -0.497 e. The van der Waals surface area contributed by atoms with E-state index in [9.17, 15) is 18.4 Å². The van der Waals surface area contributed by atoms with Crippen molar-refractivity contribution >= 4 is 23.2 Å². The van der Waals surface area contributed by atoms with Crippen LogP contribution in [-0.2, 0) is 6.61 Å². The zero-order valence-corrected chi connectivity index (χ0v) is 22.8. The zero-order chi connectivity index (χ0) is 28.8. The predicted molar refractivity (Wildman–Crippen MR) is 151 cm³/mol. The van der Waals surface area contributed by atoms with E-state index in [1.807, 2.05) is 31.2 Å². The Labute approximate surface area is 232 Å². The van der Waals surface area contributed by atoms with E-state index >= 15 is 0 Å². The van der Waals surface area contributed by atoms with Gasteiger partial charge in [-0.25, -0.2) is 8.78 Å². The fourth-order valence-corrected chi connectivity index (χ4v) is 3.46. The maximum atomic E-state index is 12.8. The molecule has 0 aromatic heterocycles. The van der Waals surface area contributed by atoms with E-state index in [4.69, 9.17) is 21.4 Å². The van der Waals surface area contributed by atoms with Crippen molar-refractivity contribution in [2.45, 2.75) is 32.8 Å². The molecular weight excluding hydrogens is 522 g/mol. The van der Waals surface area contributed by atoms with E-state index in [0.717, 1.165) is 21.9 Å². The first-order valence-electron chi connectivity index (χ1n) is 12.3. The number of methoxy groups -OCH3 is 1. The third kappa shape index (κ3) is 10.4. The molecule has 0 aliphatic rings. The van der Waals surface area contributed by atoms with Crippen LogP contribution in [0.4, 0.5) is 8.78 Å². The van der Waals surface area contributed by atoms with Crippen LogP contribution in [-0.4, -0.2) is 23.8 Å². The van der Waals surface area contributed by atoms with E-state index in [-0.39, 0.29) is 35.7 Å². The van der Waals surface area contributed by atoms with Gasteiger partial charge >= 0.3 is 0 Å². The molecule has 1 unspecified atom stereocenters. The van der Waals surface area contributed by atoms with Crippen LogP contribution in [0.25, 0.3) is 0 Å². The van der Waals surface area contributed by atoms with Gasteiger partial charge in [-0.15, -0.1) is 0 Å². The maximum Gasteiger partial charge on any atom is 0.170 e. The molecule has 0 aliphatic carbocycles. The number of halogens is 3. The molecule has 0 saturated heterocycles. The average molecular weight is 553 g/mol. The summed E-state index contributed by atoms with van der Waals surface area (Å²) in [5, 5.41) is 9.71. The molecule has 4 rings (SSSR count). The van der Waals surface area contributed by atoms with Crippen molar-refractivity contribution < 1.29 is 28.2 Å². The molecule has 0 heterocycles. The topological polar surface area (TPSA) is 63.6 Å². The third-order valence-corrected chi connectivity index (χ3v) is 5.97. The number of rotatable bonds is 7. The van der Waals surface area contributed by atoms with Crippen molar-refractivity contribution in [3.8, 4) is 5.75 Å². The molecule has 7 heteroatoms. The minimum absolute atomic E-state index is 0.0133. The summed E-state index contributed by atoms with van der Waals surface area (Å²) in [5.74, 6) is -0.117. The predicted octanol–water partition coefficient (Wildman–Crippen LogP) is 8.07. The van der Waals surface area contributed by atoms with Gasteiger partial charge < -0.3 is 9.84 Å². The molecule has 0 bridgehead atoms. The Balaban J connectivity index is 0.000000226. The number of ether oxygens (including phenoxy) is 1. The molecule has 0 amide bonds. The number of aliphatic hydroxyl groups excluding tert-OH is 1. The number of hydrogen-bond acceptors (Lipinski definition) is 4. The smallest absolute Gasteiger partial charge is 0.170 e. The highest BCUT2D eigenvalue weighted by Crippen LogP contribution is 2.21. The summed E-state index contributed by atoms with van der Waals surface area (Å²) in [6, 6.07) is 25.6. The van der Waals surface area contributed by atoms with Gasteiger partial charge in [-0.1, -0.05) is 49.7 Å². The Morgan fingerprint density at radius 1 is 0.795 bits per heavy atom. The molecule has 0 saturated carbocycles. The molecule has 4 aromatic carbocycles. The highest BCUT2D eigenvalue weighted by atomic mass is 35.5. The molecule has 0 spiro atoms. The molecule has 4 nitrogen and oxygen atoms in total. The number of benzene rings is 4. The lowest BCUT2D eigenvalue weighted by molar-refractivity contribution is 0.0963. The van der Waals surface area contributed by atoms with Crippen LogP contribution in [0.1, 0.15) is 58.0 Å². The van der Waals surface area contributed by atoms with Gasteiger partial charge in [0.25, 0.3) is 0 Å². The highest BCUT2D eigenvalue weighted by Gasteiger charge is 2.17. The molecule has 0 radical (unpaired) electrons. The number of hydrogen-bond donors (Lipinski definition) is 1. The van der Waals surface area contributed by atoms with Crippen LogP contribution in [0.15, 0.2) is 97.1 Å². The van der Waals surface area contributed by atoms with Crippen LogP contribution < -0.4 is 4.74 Å². The standard InChI is InChI=1S/C16H15FO2.C9H9FO.C7H7ClO/c1-11(13-4-2-12(10-18)3-5-13)16(19)14-6-8-15(17)9-7-14;1-2-9(11)7-3-5-8(10)6-4-7;1-9-7-4-2-6(8)3-5-7/h2-9,11,18H,10H2,1H3;3-6H,2H2,1H3;2-5H,1H3. The molecular formula is C32H31ClF2O4. The summed E-state index contributed by atoms with van der Waals surface area (Å²) in [7, 11) is 1.63. The van der Waals surface area contributed by atoms with Crippen molar-refractivity contribution in [1.82, 2.24) is 0 Å². The largest absolute Gasteiger partial charge is 0.497 e. The Hall–Kier alpha value is -3.87.